The van der Waals surface area contributed by atoms with Crippen LogP contribution < -0.4 is 11.1 Å². The minimum Gasteiger partial charge on any atom is -0.409 e. The largest absolute Gasteiger partial charge is 0.409 e. The average molecular weight is 187 g/mol. The van der Waals surface area contributed by atoms with Crippen LogP contribution in [0.5, 0.6) is 0 Å². The zero-order chi connectivity index (χ0) is 10.3. The van der Waals surface area contributed by atoms with Crippen molar-refractivity contribution in [3.63, 3.8) is 0 Å². The fraction of sp³-hybridized carbons (Fsp3) is 0.889. The molecular formula is C9H21N3O. The Bertz CT molecular complexity index is 159. The van der Waals surface area contributed by atoms with Crippen molar-refractivity contribution >= 4 is 5.84 Å². The van der Waals surface area contributed by atoms with E-state index >= 15 is 0 Å². The summed E-state index contributed by atoms with van der Waals surface area (Å²) in [5, 5.41) is 14.4. The Morgan fingerprint density at radius 2 is 2.15 bits per heavy atom. The molecule has 4 nitrogen and oxygen atoms in total. The van der Waals surface area contributed by atoms with Crippen LogP contribution in [0.25, 0.3) is 0 Å². The highest BCUT2D eigenvalue weighted by Crippen LogP contribution is 2.08. The van der Waals surface area contributed by atoms with Crippen molar-refractivity contribution in [3.8, 4) is 0 Å². The monoisotopic (exact) mass is 187 g/mol. The topological polar surface area (TPSA) is 70.6 Å². The summed E-state index contributed by atoms with van der Waals surface area (Å²) >= 11 is 0. The van der Waals surface area contributed by atoms with E-state index in [1.807, 2.05) is 0 Å². The summed E-state index contributed by atoms with van der Waals surface area (Å²) < 4.78 is 0. The standard InChI is InChI=1S/C9H21N3O/c1-4-7(2)5-8(3)11-6-9(10)12-13/h7-8,11,13H,4-6H2,1-3H3,(H2,10,12). The van der Waals surface area contributed by atoms with Gasteiger partial charge < -0.3 is 16.3 Å². The first kappa shape index (κ1) is 12.2. The molecule has 0 aromatic rings. The maximum atomic E-state index is 8.30. The van der Waals surface area contributed by atoms with Gasteiger partial charge in [0.05, 0.1) is 6.54 Å². The summed E-state index contributed by atoms with van der Waals surface area (Å²) in [6.07, 6.45) is 2.31. The van der Waals surface area contributed by atoms with Crippen LogP contribution >= 0.6 is 0 Å². The Kier molecular flexibility index (Phi) is 6.32. The Labute approximate surface area is 80.2 Å². The van der Waals surface area contributed by atoms with E-state index in [0.717, 1.165) is 12.3 Å². The Morgan fingerprint density at radius 3 is 2.62 bits per heavy atom. The van der Waals surface area contributed by atoms with Crippen molar-refractivity contribution in [1.82, 2.24) is 5.32 Å². The predicted octanol–water partition coefficient (Wildman–Crippen LogP) is 1.15. The van der Waals surface area contributed by atoms with Crippen LogP contribution in [0.3, 0.4) is 0 Å². The zero-order valence-corrected chi connectivity index (χ0v) is 8.75. The molecule has 0 aliphatic carbocycles. The van der Waals surface area contributed by atoms with Crippen molar-refractivity contribution in [2.75, 3.05) is 6.54 Å². The van der Waals surface area contributed by atoms with Crippen LogP contribution in [0.2, 0.25) is 0 Å². The maximum Gasteiger partial charge on any atom is 0.153 e. The molecule has 0 aromatic heterocycles. The van der Waals surface area contributed by atoms with Crippen molar-refractivity contribution < 1.29 is 5.21 Å². The van der Waals surface area contributed by atoms with E-state index in [-0.39, 0.29) is 5.84 Å². The predicted molar refractivity (Wildman–Crippen MR) is 54.9 cm³/mol. The van der Waals surface area contributed by atoms with E-state index in [1.54, 1.807) is 0 Å². The molecule has 0 amide bonds. The Morgan fingerprint density at radius 1 is 1.54 bits per heavy atom. The third-order valence-electron chi connectivity index (χ3n) is 2.21. The molecule has 0 heterocycles. The molecule has 0 aromatic carbocycles. The van der Waals surface area contributed by atoms with Gasteiger partial charge in [-0.15, -0.1) is 0 Å². The lowest BCUT2D eigenvalue weighted by atomic mass is 10.0. The summed E-state index contributed by atoms with van der Waals surface area (Å²) in [5.74, 6) is 0.950. The third kappa shape index (κ3) is 6.40. The number of nitrogens with one attached hydrogen (secondary N) is 1. The molecule has 0 rings (SSSR count). The van der Waals surface area contributed by atoms with Crippen LogP contribution in [-0.2, 0) is 0 Å². The lowest BCUT2D eigenvalue weighted by Crippen LogP contribution is -2.35. The Hall–Kier alpha value is -0.770. The number of hydrogen-bond donors (Lipinski definition) is 3. The second-order valence-corrected chi connectivity index (χ2v) is 3.62. The summed E-state index contributed by atoms with van der Waals surface area (Å²) in [4.78, 5) is 0. The molecule has 0 radical (unpaired) electrons. The van der Waals surface area contributed by atoms with E-state index in [4.69, 9.17) is 10.9 Å². The van der Waals surface area contributed by atoms with E-state index < -0.39 is 0 Å². The third-order valence-corrected chi connectivity index (χ3v) is 2.21. The van der Waals surface area contributed by atoms with Crippen molar-refractivity contribution in [2.45, 2.75) is 39.7 Å². The lowest BCUT2D eigenvalue weighted by molar-refractivity contribution is 0.316. The van der Waals surface area contributed by atoms with Gasteiger partial charge in [-0.2, -0.15) is 0 Å². The minimum atomic E-state index is 0.232. The molecule has 4 heteroatoms. The second-order valence-electron chi connectivity index (χ2n) is 3.62. The normalized spacial score (nSPS) is 17.0. The van der Waals surface area contributed by atoms with Crippen LogP contribution in [0.4, 0.5) is 0 Å². The SMILES string of the molecule is CCC(C)CC(C)NCC(N)=NO. The zero-order valence-electron chi connectivity index (χ0n) is 8.75. The summed E-state index contributed by atoms with van der Waals surface area (Å²) in [6, 6.07) is 0.412. The fourth-order valence-corrected chi connectivity index (χ4v) is 1.17. The van der Waals surface area contributed by atoms with Gasteiger partial charge in [0.15, 0.2) is 5.84 Å². The highest BCUT2D eigenvalue weighted by Gasteiger charge is 2.06. The van der Waals surface area contributed by atoms with Gasteiger partial charge >= 0.3 is 0 Å². The molecule has 2 atom stereocenters. The highest BCUT2D eigenvalue weighted by molar-refractivity contribution is 5.81. The number of oxime groups is 1. The molecule has 0 fully saturated rings. The minimum absolute atomic E-state index is 0.232. The van der Waals surface area contributed by atoms with Gasteiger partial charge in [-0.25, -0.2) is 0 Å². The van der Waals surface area contributed by atoms with Crippen molar-refractivity contribution in [3.05, 3.63) is 0 Å². The van der Waals surface area contributed by atoms with E-state index in [0.29, 0.717) is 12.6 Å². The molecule has 0 saturated heterocycles. The number of nitrogens with zero attached hydrogens (tertiary/aromatic N) is 1. The van der Waals surface area contributed by atoms with E-state index in [1.165, 1.54) is 6.42 Å². The molecule has 4 N–H and O–H groups in total. The molecule has 0 aliphatic heterocycles. The van der Waals surface area contributed by atoms with Gasteiger partial charge in [0.25, 0.3) is 0 Å². The van der Waals surface area contributed by atoms with Gasteiger partial charge in [-0.3, -0.25) is 0 Å². The van der Waals surface area contributed by atoms with Gasteiger partial charge in [0.1, 0.15) is 0 Å². The first-order chi connectivity index (χ1) is 6.10. The van der Waals surface area contributed by atoms with Crippen molar-refractivity contribution in [2.24, 2.45) is 16.8 Å². The molecule has 13 heavy (non-hydrogen) atoms. The summed E-state index contributed by atoms with van der Waals surface area (Å²) in [5.41, 5.74) is 5.32. The average Bonchev–Trinajstić information content (AvgIpc) is 2.13. The van der Waals surface area contributed by atoms with E-state index in [2.05, 4.69) is 31.2 Å². The quantitative estimate of drug-likeness (QED) is 0.253. The number of amidine groups is 1. The highest BCUT2D eigenvalue weighted by atomic mass is 16.4. The smallest absolute Gasteiger partial charge is 0.153 e. The van der Waals surface area contributed by atoms with Gasteiger partial charge in [0, 0.05) is 6.04 Å². The molecule has 2 unspecified atom stereocenters. The summed E-state index contributed by atoms with van der Waals surface area (Å²) in [7, 11) is 0. The van der Waals surface area contributed by atoms with Crippen LogP contribution in [-0.4, -0.2) is 23.6 Å². The fourth-order valence-electron chi connectivity index (χ4n) is 1.17. The Balaban J connectivity index is 3.57. The van der Waals surface area contributed by atoms with Crippen LogP contribution in [0.15, 0.2) is 5.16 Å². The van der Waals surface area contributed by atoms with Gasteiger partial charge in [-0.1, -0.05) is 25.4 Å². The lowest BCUT2D eigenvalue weighted by Gasteiger charge is -2.16. The van der Waals surface area contributed by atoms with E-state index in [9.17, 15) is 0 Å². The van der Waals surface area contributed by atoms with Crippen molar-refractivity contribution in [1.29, 1.82) is 0 Å². The molecule has 0 spiro atoms. The van der Waals surface area contributed by atoms with Crippen LogP contribution in [0.1, 0.15) is 33.6 Å². The number of nitrogens with two attached hydrogens (primary N) is 1. The number of hydrogen-bond acceptors (Lipinski definition) is 3. The molecule has 0 aliphatic rings. The molecular weight excluding hydrogens is 166 g/mol. The van der Waals surface area contributed by atoms with Crippen LogP contribution in [0, 0.1) is 5.92 Å². The van der Waals surface area contributed by atoms with Gasteiger partial charge in [0.2, 0.25) is 0 Å². The molecule has 0 bridgehead atoms. The first-order valence-electron chi connectivity index (χ1n) is 4.79. The van der Waals surface area contributed by atoms with Gasteiger partial charge in [-0.05, 0) is 19.3 Å². The first-order valence-corrected chi connectivity index (χ1v) is 4.79. The second kappa shape index (κ2) is 6.71. The summed E-state index contributed by atoms with van der Waals surface area (Å²) in [6.45, 7) is 6.97. The molecule has 0 saturated carbocycles. The molecule has 78 valence electrons. The maximum absolute atomic E-state index is 8.30. The number of rotatable bonds is 6.